The summed E-state index contributed by atoms with van der Waals surface area (Å²) in [5.41, 5.74) is 4.35. The molecule has 0 radical (unpaired) electrons. The minimum absolute atomic E-state index is 0.171. The molecule has 5 heteroatoms. The van der Waals surface area contributed by atoms with Gasteiger partial charge in [-0.1, -0.05) is 18.2 Å². The van der Waals surface area contributed by atoms with Gasteiger partial charge in [0.25, 0.3) is 0 Å². The lowest BCUT2D eigenvalue weighted by Gasteiger charge is -2.26. The zero-order valence-corrected chi connectivity index (χ0v) is 11.6. The number of ether oxygens (including phenoxy) is 2. The maximum Gasteiger partial charge on any atom is 0.347 e. The first-order valence-corrected chi connectivity index (χ1v) is 7.18. The number of aryl methyl sites for hydroxylation is 1. The lowest BCUT2D eigenvalue weighted by Crippen LogP contribution is -2.35. The topological polar surface area (TPSA) is 53.4 Å². The van der Waals surface area contributed by atoms with E-state index in [1.807, 2.05) is 6.07 Å². The summed E-state index contributed by atoms with van der Waals surface area (Å²) < 4.78 is 12.6. The van der Waals surface area contributed by atoms with Gasteiger partial charge in [-0.25, -0.2) is 9.78 Å². The molecule has 3 heterocycles. The predicted molar refractivity (Wildman–Crippen MR) is 77.0 cm³/mol. The van der Waals surface area contributed by atoms with E-state index in [1.54, 1.807) is 10.8 Å². The lowest BCUT2D eigenvalue weighted by atomic mass is 9.96. The summed E-state index contributed by atoms with van der Waals surface area (Å²) in [4.78, 5) is 15.6. The van der Waals surface area contributed by atoms with Crippen LogP contribution in [-0.2, 0) is 29.0 Å². The molecular formula is C16H16N2O3. The average molecular weight is 284 g/mol. The molecule has 1 fully saturated rings. The highest BCUT2D eigenvalue weighted by Crippen LogP contribution is 2.28. The van der Waals surface area contributed by atoms with Gasteiger partial charge >= 0.3 is 5.69 Å². The van der Waals surface area contributed by atoms with Crippen LogP contribution in [0.25, 0.3) is 11.3 Å². The van der Waals surface area contributed by atoms with Crippen molar-refractivity contribution in [3.05, 3.63) is 52.1 Å². The Hall–Kier alpha value is -1.98. The SMILES string of the molecule is O=c1nccc2n1CCc1cc(COC3COC3)ccc1-2. The number of rotatable bonds is 3. The minimum atomic E-state index is -0.171. The van der Waals surface area contributed by atoms with E-state index in [1.165, 1.54) is 11.1 Å². The Labute approximate surface area is 122 Å². The second kappa shape index (κ2) is 5.09. The fourth-order valence-electron chi connectivity index (χ4n) is 2.84. The molecule has 21 heavy (non-hydrogen) atoms. The molecule has 1 saturated heterocycles. The average Bonchev–Trinajstić information content (AvgIpc) is 2.45. The first-order valence-electron chi connectivity index (χ1n) is 7.18. The van der Waals surface area contributed by atoms with Crippen LogP contribution in [0, 0.1) is 0 Å². The molecule has 2 aliphatic rings. The summed E-state index contributed by atoms with van der Waals surface area (Å²) in [6.45, 7) is 2.71. The van der Waals surface area contributed by atoms with Crippen molar-refractivity contribution in [3.8, 4) is 11.3 Å². The molecule has 1 aromatic heterocycles. The highest BCUT2D eigenvalue weighted by atomic mass is 16.6. The van der Waals surface area contributed by atoms with Crippen molar-refractivity contribution in [2.75, 3.05) is 13.2 Å². The third-order valence-electron chi connectivity index (χ3n) is 4.08. The fraction of sp³-hybridized carbons (Fsp3) is 0.375. The van der Waals surface area contributed by atoms with Crippen LogP contribution in [-0.4, -0.2) is 28.9 Å². The quantitative estimate of drug-likeness (QED) is 0.854. The highest BCUT2D eigenvalue weighted by molar-refractivity contribution is 5.65. The summed E-state index contributed by atoms with van der Waals surface area (Å²) in [6, 6.07) is 8.24. The van der Waals surface area contributed by atoms with E-state index in [9.17, 15) is 4.79 Å². The molecule has 0 saturated carbocycles. The van der Waals surface area contributed by atoms with Crippen molar-refractivity contribution in [1.82, 2.24) is 9.55 Å². The summed E-state index contributed by atoms with van der Waals surface area (Å²) in [7, 11) is 0. The molecule has 0 spiro atoms. The van der Waals surface area contributed by atoms with Gasteiger partial charge in [0, 0.05) is 18.3 Å². The van der Waals surface area contributed by atoms with Crippen molar-refractivity contribution in [2.45, 2.75) is 25.7 Å². The number of fused-ring (bicyclic) bond motifs is 3. The maximum atomic E-state index is 11.8. The molecule has 2 aromatic rings. The van der Waals surface area contributed by atoms with E-state index in [-0.39, 0.29) is 11.8 Å². The normalized spacial score (nSPS) is 17.0. The summed E-state index contributed by atoms with van der Waals surface area (Å²) in [5, 5.41) is 0. The Bertz CT molecular complexity index is 735. The van der Waals surface area contributed by atoms with Crippen molar-refractivity contribution < 1.29 is 9.47 Å². The first-order chi connectivity index (χ1) is 10.3. The molecular weight excluding hydrogens is 268 g/mol. The summed E-state index contributed by atoms with van der Waals surface area (Å²) in [6.07, 6.45) is 2.68. The van der Waals surface area contributed by atoms with Gasteiger partial charge in [0.1, 0.15) is 6.10 Å². The van der Waals surface area contributed by atoms with E-state index < -0.39 is 0 Å². The monoisotopic (exact) mass is 284 g/mol. The number of aromatic nitrogens is 2. The Balaban J connectivity index is 1.63. The second-order valence-electron chi connectivity index (χ2n) is 5.48. The standard InChI is InChI=1S/C16H16N2O3/c19-16-17-5-3-15-14-2-1-11(8-21-13-9-20-10-13)7-12(14)4-6-18(15)16/h1-3,5,7,13H,4,6,8-10H2. The van der Waals surface area contributed by atoms with Crippen LogP contribution in [0.1, 0.15) is 11.1 Å². The van der Waals surface area contributed by atoms with E-state index in [4.69, 9.17) is 9.47 Å². The zero-order valence-electron chi connectivity index (χ0n) is 11.6. The molecule has 0 atom stereocenters. The van der Waals surface area contributed by atoms with Crippen molar-refractivity contribution >= 4 is 0 Å². The van der Waals surface area contributed by atoms with E-state index in [2.05, 4.69) is 23.2 Å². The number of benzene rings is 1. The van der Waals surface area contributed by atoms with E-state index in [0.717, 1.165) is 17.7 Å². The van der Waals surface area contributed by atoms with E-state index in [0.29, 0.717) is 26.4 Å². The maximum absolute atomic E-state index is 11.8. The van der Waals surface area contributed by atoms with Crippen molar-refractivity contribution in [1.29, 1.82) is 0 Å². The molecule has 108 valence electrons. The van der Waals surface area contributed by atoms with Crippen LogP contribution >= 0.6 is 0 Å². The van der Waals surface area contributed by atoms with Gasteiger partial charge in [0.15, 0.2) is 0 Å². The van der Waals surface area contributed by atoms with Crippen LogP contribution in [0.2, 0.25) is 0 Å². The minimum Gasteiger partial charge on any atom is -0.376 e. The van der Waals surface area contributed by atoms with Crippen LogP contribution in [0.3, 0.4) is 0 Å². The van der Waals surface area contributed by atoms with Gasteiger partial charge in [-0.05, 0) is 23.6 Å². The lowest BCUT2D eigenvalue weighted by molar-refractivity contribution is -0.135. The molecule has 0 N–H and O–H groups in total. The first kappa shape index (κ1) is 12.7. The Morgan fingerprint density at radius 3 is 3.05 bits per heavy atom. The Kier molecular flexibility index (Phi) is 3.09. The third-order valence-corrected chi connectivity index (χ3v) is 4.08. The number of hydrogen-bond donors (Lipinski definition) is 0. The van der Waals surface area contributed by atoms with Crippen molar-refractivity contribution in [3.63, 3.8) is 0 Å². The second-order valence-corrected chi connectivity index (χ2v) is 5.48. The third kappa shape index (κ3) is 2.28. The van der Waals surface area contributed by atoms with Gasteiger partial charge < -0.3 is 9.47 Å². The van der Waals surface area contributed by atoms with Gasteiger partial charge in [-0.15, -0.1) is 0 Å². The zero-order chi connectivity index (χ0) is 14.2. The molecule has 0 bridgehead atoms. The van der Waals surface area contributed by atoms with Gasteiger partial charge in [-0.2, -0.15) is 0 Å². The van der Waals surface area contributed by atoms with Crippen LogP contribution in [0.15, 0.2) is 35.3 Å². The molecule has 4 rings (SSSR count). The Morgan fingerprint density at radius 2 is 2.24 bits per heavy atom. The highest BCUT2D eigenvalue weighted by Gasteiger charge is 2.20. The van der Waals surface area contributed by atoms with Crippen LogP contribution in [0.4, 0.5) is 0 Å². The number of hydrogen-bond acceptors (Lipinski definition) is 4. The molecule has 5 nitrogen and oxygen atoms in total. The molecule has 0 aliphatic carbocycles. The molecule has 1 aromatic carbocycles. The van der Waals surface area contributed by atoms with Crippen LogP contribution < -0.4 is 5.69 Å². The number of nitrogens with zero attached hydrogens (tertiary/aromatic N) is 2. The van der Waals surface area contributed by atoms with Gasteiger partial charge in [0.2, 0.25) is 0 Å². The largest absolute Gasteiger partial charge is 0.376 e. The summed E-state index contributed by atoms with van der Waals surface area (Å²) >= 11 is 0. The molecule has 0 amide bonds. The van der Waals surface area contributed by atoms with Crippen LogP contribution in [0.5, 0.6) is 0 Å². The molecule has 2 aliphatic heterocycles. The predicted octanol–water partition coefficient (Wildman–Crippen LogP) is 1.38. The summed E-state index contributed by atoms with van der Waals surface area (Å²) in [5.74, 6) is 0. The van der Waals surface area contributed by atoms with Crippen molar-refractivity contribution in [2.24, 2.45) is 0 Å². The Morgan fingerprint density at radius 1 is 1.33 bits per heavy atom. The smallest absolute Gasteiger partial charge is 0.347 e. The van der Waals surface area contributed by atoms with E-state index >= 15 is 0 Å². The van der Waals surface area contributed by atoms with Gasteiger partial charge in [0.05, 0.1) is 25.5 Å². The fourth-order valence-corrected chi connectivity index (χ4v) is 2.84. The molecule has 0 unspecified atom stereocenters. The van der Waals surface area contributed by atoms with Gasteiger partial charge in [-0.3, -0.25) is 4.57 Å².